The Balaban J connectivity index is 1.63. The van der Waals surface area contributed by atoms with Gasteiger partial charge in [0.05, 0.1) is 16.9 Å². The van der Waals surface area contributed by atoms with Crippen LogP contribution in [-0.4, -0.2) is 27.4 Å². The van der Waals surface area contributed by atoms with Crippen molar-refractivity contribution in [3.63, 3.8) is 0 Å². The van der Waals surface area contributed by atoms with Crippen molar-refractivity contribution in [2.75, 3.05) is 17.2 Å². The minimum atomic E-state index is 0.156. The van der Waals surface area contributed by atoms with Gasteiger partial charge < -0.3 is 15.4 Å². The van der Waals surface area contributed by atoms with E-state index in [0.717, 1.165) is 40.6 Å². The van der Waals surface area contributed by atoms with Gasteiger partial charge in [0.2, 0.25) is 17.7 Å². The molecule has 7 nitrogen and oxygen atoms in total. The second kappa shape index (κ2) is 7.68. The Morgan fingerprint density at radius 3 is 2.71 bits per heavy atom. The summed E-state index contributed by atoms with van der Waals surface area (Å²) in [5.41, 5.74) is 9.01. The molecule has 0 atom stereocenters. The number of anilines is 2. The summed E-state index contributed by atoms with van der Waals surface area (Å²) < 4.78 is 6.38. The first-order valence-electron chi connectivity index (χ1n) is 10.2. The van der Waals surface area contributed by atoms with Crippen LogP contribution in [0.25, 0.3) is 22.0 Å². The maximum Gasteiger partial charge on any atom is 0.228 e. The molecular weight excluding hydrogens is 390 g/mol. The zero-order chi connectivity index (χ0) is 21.4. The third-order valence-corrected chi connectivity index (χ3v) is 5.47. The fourth-order valence-corrected chi connectivity index (χ4v) is 3.98. The molecular formula is C24H21N5O2. The molecule has 0 bridgehead atoms. The zero-order valence-electron chi connectivity index (χ0n) is 17.1. The minimum Gasteiger partial charge on any atom is -0.437 e. The van der Waals surface area contributed by atoms with Crippen molar-refractivity contribution in [2.45, 2.75) is 19.8 Å². The van der Waals surface area contributed by atoms with Gasteiger partial charge in [-0.05, 0) is 43.2 Å². The van der Waals surface area contributed by atoms with Crippen LogP contribution >= 0.6 is 0 Å². The summed E-state index contributed by atoms with van der Waals surface area (Å²) in [4.78, 5) is 26.9. The Hall–Kier alpha value is -4.00. The molecule has 31 heavy (non-hydrogen) atoms. The van der Waals surface area contributed by atoms with E-state index in [1.165, 1.54) is 0 Å². The molecule has 1 aliphatic rings. The molecule has 0 saturated carbocycles. The molecule has 0 spiro atoms. The summed E-state index contributed by atoms with van der Waals surface area (Å²) in [6, 6.07) is 15.5. The van der Waals surface area contributed by atoms with Gasteiger partial charge in [0.1, 0.15) is 5.75 Å². The highest BCUT2D eigenvalue weighted by Gasteiger charge is 2.24. The Labute approximate surface area is 179 Å². The van der Waals surface area contributed by atoms with Gasteiger partial charge in [-0.1, -0.05) is 24.3 Å². The summed E-state index contributed by atoms with van der Waals surface area (Å²) in [7, 11) is 0. The number of benzene rings is 2. The lowest BCUT2D eigenvalue weighted by molar-refractivity contribution is -0.117. The number of aromatic nitrogens is 3. The molecule has 4 aromatic rings. The maximum absolute atomic E-state index is 12.4. The van der Waals surface area contributed by atoms with Gasteiger partial charge in [0.15, 0.2) is 0 Å². The summed E-state index contributed by atoms with van der Waals surface area (Å²) >= 11 is 0. The SMILES string of the molecule is Cc1ccc2c(N3CCCC3=O)cccc2c1Oc1ncccc1-c1ccnc(N)n1. The number of amides is 1. The fraction of sp³-hybridized carbons (Fsp3) is 0.167. The average Bonchev–Trinajstić information content (AvgIpc) is 3.21. The number of carbonyl (C=O) groups is 1. The van der Waals surface area contributed by atoms with Crippen molar-refractivity contribution in [2.24, 2.45) is 0 Å². The van der Waals surface area contributed by atoms with Crippen molar-refractivity contribution in [3.05, 3.63) is 66.5 Å². The number of carbonyl (C=O) groups excluding carboxylic acids is 1. The van der Waals surface area contributed by atoms with Crippen molar-refractivity contribution in [3.8, 4) is 22.9 Å². The lowest BCUT2D eigenvalue weighted by atomic mass is 10.0. The van der Waals surface area contributed by atoms with E-state index in [9.17, 15) is 4.79 Å². The van der Waals surface area contributed by atoms with E-state index in [0.29, 0.717) is 23.7 Å². The molecule has 7 heteroatoms. The number of fused-ring (bicyclic) bond motifs is 1. The van der Waals surface area contributed by atoms with Crippen molar-refractivity contribution in [1.82, 2.24) is 15.0 Å². The number of nitrogens with zero attached hydrogens (tertiary/aromatic N) is 4. The maximum atomic E-state index is 12.4. The highest BCUT2D eigenvalue weighted by molar-refractivity contribution is 6.06. The monoisotopic (exact) mass is 411 g/mol. The summed E-state index contributed by atoms with van der Waals surface area (Å²) in [6.45, 7) is 2.73. The van der Waals surface area contributed by atoms with Crippen molar-refractivity contribution < 1.29 is 9.53 Å². The predicted molar refractivity (Wildman–Crippen MR) is 120 cm³/mol. The van der Waals surface area contributed by atoms with Gasteiger partial charge in [-0.15, -0.1) is 0 Å². The molecule has 0 aliphatic carbocycles. The zero-order valence-corrected chi connectivity index (χ0v) is 17.1. The molecule has 3 heterocycles. The Morgan fingerprint density at radius 1 is 1.00 bits per heavy atom. The molecule has 154 valence electrons. The van der Waals surface area contributed by atoms with Crippen LogP contribution in [-0.2, 0) is 4.79 Å². The van der Waals surface area contributed by atoms with E-state index < -0.39 is 0 Å². The second-order valence-electron chi connectivity index (χ2n) is 7.49. The standard InChI is InChI=1S/C24H21N5O2/c1-15-9-10-16-17(5-2-7-20(16)29-14-4-8-21(29)30)22(15)31-23-18(6-3-12-26-23)19-11-13-27-24(25)28-19/h2-3,5-7,9-13H,4,8,14H2,1H3,(H2,25,27,28). The summed E-state index contributed by atoms with van der Waals surface area (Å²) in [6.07, 6.45) is 4.75. The average molecular weight is 411 g/mol. The molecule has 2 aromatic heterocycles. The van der Waals surface area contributed by atoms with Crippen LogP contribution in [0.15, 0.2) is 60.9 Å². The molecule has 1 fully saturated rings. The van der Waals surface area contributed by atoms with Crippen LogP contribution in [0.5, 0.6) is 11.6 Å². The van der Waals surface area contributed by atoms with Gasteiger partial charge in [-0.3, -0.25) is 4.79 Å². The van der Waals surface area contributed by atoms with Crippen molar-refractivity contribution >= 4 is 28.3 Å². The first-order chi connectivity index (χ1) is 15.1. The quantitative estimate of drug-likeness (QED) is 0.531. The van der Waals surface area contributed by atoms with E-state index in [4.69, 9.17) is 10.5 Å². The summed E-state index contributed by atoms with van der Waals surface area (Å²) in [5, 5.41) is 1.90. The first kappa shape index (κ1) is 19.0. The molecule has 1 saturated heterocycles. The number of pyridine rings is 1. The number of nitrogen functional groups attached to an aromatic ring is 1. The van der Waals surface area contributed by atoms with Crippen LogP contribution in [0.2, 0.25) is 0 Å². The number of rotatable bonds is 4. The van der Waals surface area contributed by atoms with Crippen molar-refractivity contribution in [1.29, 1.82) is 0 Å². The third kappa shape index (κ3) is 3.44. The molecule has 5 rings (SSSR count). The lowest BCUT2D eigenvalue weighted by Crippen LogP contribution is -2.23. The largest absolute Gasteiger partial charge is 0.437 e. The van der Waals surface area contributed by atoms with Gasteiger partial charge in [-0.2, -0.15) is 0 Å². The van der Waals surface area contributed by atoms with E-state index in [1.54, 1.807) is 18.5 Å². The molecule has 2 aromatic carbocycles. The molecule has 0 radical (unpaired) electrons. The number of hydrogen-bond acceptors (Lipinski definition) is 6. The number of ether oxygens (including phenoxy) is 1. The van der Waals surface area contributed by atoms with Gasteiger partial charge >= 0.3 is 0 Å². The summed E-state index contributed by atoms with van der Waals surface area (Å²) in [5.74, 6) is 1.48. The molecule has 0 unspecified atom stereocenters. The molecule has 1 amide bonds. The van der Waals surface area contributed by atoms with Crippen LogP contribution in [0.1, 0.15) is 18.4 Å². The second-order valence-corrected chi connectivity index (χ2v) is 7.49. The van der Waals surface area contributed by atoms with E-state index >= 15 is 0 Å². The number of hydrogen-bond donors (Lipinski definition) is 1. The predicted octanol–water partition coefficient (Wildman–Crippen LogP) is 4.50. The van der Waals surface area contributed by atoms with E-state index in [2.05, 4.69) is 15.0 Å². The van der Waals surface area contributed by atoms with E-state index in [-0.39, 0.29) is 11.9 Å². The lowest BCUT2D eigenvalue weighted by Gasteiger charge is -2.20. The van der Waals surface area contributed by atoms with Gasteiger partial charge in [0, 0.05) is 36.1 Å². The first-order valence-corrected chi connectivity index (χ1v) is 10.2. The number of aryl methyl sites for hydroxylation is 1. The smallest absolute Gasteiger partial charge is 0.228 e. The third-order valence-electron chi connectivity index (χ3n) is 5.47. The van der Waals surface area contributed by atoms with Gasteiger partial charge in [0.25, 0.3) is 0 Å². The molecule has 1 aliphatic heterocycles. The fourth-order valence-electron chi connectivity index (χ4n) is 3.98. The van der Waals surface area contributed by atoms with Crippen LogP contribution in [0, 0.1) is 6.92 Å². The molecule has 2 N–H and O–H groups in total. The minimum absolute atomic E-state index is 0.156. The highest BCUT2D eigenvalue weighted by Crippen LogP contribution is 2.40. The highest BCUT2D eigenvalue weighted by atomic mass is 16.5. The Kier molecular flexibility index (Phi) is 4.71. The normalized spacial score (nSPS) is 13.7. The topological polar surface area (TPSA) is 94.2 Å². The van der Waals surface area contributed by atoms with Crippen LogP contribution < -0.4 is 15.4 Å². The van der Waals surface area contributed by atoms with Gasteiger partial charge in [-0.25, -0.2) is 15.0 Å². The van der Waals surface area contributed by atoms with Crippen LogP contribution in [0.3, 0.4) is 0 Å². The van der Waals surface area contributed by atoms with E-state index in [1.807, 2.05) is 54.3 Å². The number of nitrogens with two attached hydrogens (primary N) is 1. The Morgan fingerprint density at radius 2 is 1.90 bits per heavy atom. The van der Waals surface area contributed by atoms with Crippen LogP contribution in [0.4, 0.5) is 11.6 Å². The Bertz CT molecular complexity index is 1300.